The van der Waals surface area contributed by atoms with Gasteiger partial charge in [0.25, 0.3) is 0 Å². The summed E-state index contributed by atoms with van der Waals surface area (Å²) in [6, 6.07) is 0. The van der Waals surface area contributed by atoms with Crippen LogP contribution in [0.25, 0.3) is 0 Å². The Balaban J connectivity index is 0.000000574. The molecule has 3 aliphatic heterocycles. The van der Waals surface area contributed by atoms with Crippen molar-refractivity contribution in [3.63, 3.8) is 0 Å². The van der Waals surface area contributed by atoms with Crippen molar-refractivity contribution in [3.05, 3.63) is 0 Å². The number of hydrogen-bond acceptors (Lipinski definition) is 28. The zero-order valence-corrected chi connectivity index (χ0v) is 30.6. The lowest BCUT2D eigenvalue weighted by atomic mass is 9.98. The van der Waals surface area contributed by atoms with Crippen LogP contribution in [0.5, 0.6) is 0 Å². The molecule has 3 heterocycles. The van der Waals surface area contributed by atoms with E-state index in [0.29, 0.717) is 0 Å². The minimum Gasteiger partial charge on any atom is -0.394 e. The second kappa shape index (κ2) is 25.7. The summed E-state index contributed by atoms with van der Waals surface area (Å²) >= 11 is 0. The molecule has 0 aromatic heterocycles. The monoisotopic (exact) mass is 868 g/mol. The van der Waals surface area contributed by atoms with Gasteiger partial charge in [0.05, 0.1) is 46.2 Å². The summed E-state index contributed by atoms with van der Waals surface area (Å²) in [5.41, 5.74) is 0. The molecule has 3 fully saturated rings. The average Bonchev–Trinajstić information content (AvgIpc) is 3.48. The van der Waals surface area contributed by atoms with E-state index in [1.807, 2.05) is 0 Å². The van der Waals surface area contributed by atoms with Crippen LogP contribution in [0.4, 0.5) is 0 Å². The topological polar surface area (TPSA) is 511 Å². The molecule has 28 heteroatoms. The molecular formula is C30H60O28. The van der Waals surface area contributed by atoms with E-state index in [9.17, 15) is 56.2 Å². The van der Waals surface area contributed by atoms with Gasteiger partial charge in [-0.05, 0) is 0 Å². The molecule has 0 radical (unpaired) electrons. The largest absolute Gasteiger partial charge is 0.394 e. The molecule has 3 rings (SSSR count). The highest BCUT2D eigenvalue weighted by Crippen LogP contribution is 2.36. The van der Waals surface area contributed by atoms with E-state index in [1.54, 1.807) is 0 Å². The third-order valence-electron chi connectivity index (χ3n) is 9.19. The number of hydrogen-bond donors (Lipinski definition) is 23. The maximum absolute atomic E-state index is 10.3. The maximum Gasteiger partial charge on any atom is 0.224 e. The van der Waals surface area contributed by atoms with Crippen LogP contribution in [0, 0.1) is 0 Å². The first-order valence-electron chi connectivity index (χ1n) is 17.5. The number of rotatable bonds is 18. The minimum atomic E-state index is -2.36. The third-order valence-corrected chi connectivity index (χ3v) is 9.19. The van der Waals surface area contributed by atoms with Crippen molar-refractivity contribution in [2.45, 2.75) is 134 Å². The number of aliphatic hydroxyl groups is 23. The van der Waals surface area contributed by atoms with Crippen molar-refractivity contribution in [1.82, 2.24) is 0 Å². The Kier molecular flexibility index (Phi) is 24.4. The molecule has 0 aliphatic carbocycles. The van der Waals surface area contributed by atoms with Crippen LogP contribution < -0.4 is 0 Å². The fourth-order valence-corrected chi connectivity index (χ4v) is 5.36. The van der Waals surface area contributed by atoms with Crippen LogP contribution in [0.1, 0.15) is 0 Å². The molecule has 3 saturated heterocycles. The van der Waals surface area contributed by atoms with Crippen molar-refractivity contribution in [3.8, 4) is 0 Å². The molecular weight excluding hydrogens is 808 g/mol. The highest BCUT2D eigenvalue weighted by atomic mass is 16.8. The first-order chi connectivity index (χ1) is 27.1. The van der Waals surface area contributed by atoms with Crippen molar-refractivity contribution in [2.24, 2.45) is 0 Å². The van der Waals surface area contributed by atoms with Gasteiger partial charge in [-0.3, -0.25) is 0 Å². The second-order valence-electron chi connectivity index (χ2n) is 13.4. The van der Waals surface area contributed by atoms with Gasteiger partial charge < -0.3 is 141 Å². The van der Waals surface area contributed by atoms with Gasteiger partial charge in [0.1, 0.15) is 123 Å². The molecule has 0 unspecified atom stereocenters. The zero-order chi connectivity index (χ0) is 44.8. The molecule has 0 aromatic carbocycles. The molecule has 0 amide bonds. The molecule has 3 aliphatic rings. The summed E-state index contributed by atoms with van der Waals surface area (Å²) in [5, 5.41) is 213. The van der Waals surface area contributed by atoms with E-state index < -0.39 is 187 Å². The van der Waals surface area contributed by atoms with Gasteiger partial charge in [-0.1, -0.05) is 0 Å². The Morgan fingerprint density at radius 2 is 0.793 bits per heavy atom. The SMILES string of the molecule is OC[C@@H](O)[C@@H](O)[C@H](O)[C@H](O)CO.OC[C@@H](O)[C@@H](O)[C@H](O)[C@H](O)CO.OC[C@H]1O[C@H](OC[C@H]2O[C@H](O[C@]3(CO)O[C@H](CO)[C@@H](O)[C@@H]3O)[C@H](O)[C@@H](O)[C@@H]2O)[C@H](O)[C@@H](O)[C@H]1O. The fourth-order valence-electron chi connectivity index (χ4n) is 5.36. The van der Waals surface area contributed by atoms with E-state index in [-0.39, 0.29) is 0 Å². The van der Waals surface area contributed by atoms with Crippen molar-refractivity contribution < 1.29 is 141 Å². The Morgan fingerprint density at radius 1 is 0.431 bits per heavy atom. The Hall–Kier alpha value is -1.12. The predicted molar refractivity (Wildman–Crippen MR) is 178 cm³/mol. The van der Waals surface area contributed by atoms with E-state index in [0.717, 1.165) is 0 Å². The van der Waals surface area contributed by atoms with Gasteiger partial charge in [0, 0.05) is 0 Å². The Bertz CT molecular complexity index is 1040. The molecule has 22 atom stereocenters. The van der Waals surface area contributed by atoms with Crippen molar-refractivity contribution in [1.29, 1.82) is 0 Å². The lowest BCUT2D eigenvalue weighted by Gasteiger charge is -2.44. The average molecular weight is 869 g/mol. The van der Waals surface area contributed by atoms with Crippen molar-refractivity contribution >= 4 is 0 Å². The van der Waals surface area contributed by atoms with Crippen LogP contribution in [0.3, 0.4) is 0 Å². The summed E-state index contributed by atoms with van der Waals surface area (Å²) in [6.45, 7) is -6.04. The van der Waals surface area contributed by atoms with Crippen LogP contribution in [-0.2, 0) is 23.7 Å². The van der Waals surface area contributed by atoms with Gasteiger partial charge in [-0.15, -0.1) is 0 Å². The fraction of sp³-hybridized carbons (Fsp3) is 1.00. The molecule has 28 nitrogen and oxygen atoms in total. The van der Waals surface area contributed by atoms with Crippen LogP contribution in [0.15, 0.2) is 0 Å². The molecule has 58 heavy (non-hydrogen) atoms. The Labute approximate surface area is 328 Å². The van der Waals surface area contributed by atoms with Gasteiger partial charge in [0.2, 0.25) is 5.79 Å². The summed E-state index contributed by atoms with van der Waals surface area (Å²) < 4.78 is 26.4. The first kappa shape index (κ1) is 54.9. The van der Waals surface area contributed by atoms with Crippen LogP contribution >= 0.6 is 0 Å². The molecule has 0 spiro atoms. The van der Waals surface area contributed by atoms with E-state index >= 15 is 0 Å². The smallest absolute Gasteiger partial charge is 0.224 e. The second-order valence-corrected chi connectivity index (χ2v) is 13.4. The predicted octanol–water partition coefficient (Wildman–Crippen LogP) is -14.7. The van der Waals surface area contributed by atoms with Gasteiger partial charge in [0.15, 0.2) is 12.6 Å². The van der Waals surface area contributed by atoms with E-state index in [2.05, 4.69) is 0 Å². The standard InChI is InChI=1S/C18H32O16.2C6H14O6/c19-1-5-8(22)11(25)13(27)16(31-5)30-3-7-9(23)12(26)14(28)17(32-7)34-18(4-21)15(29)10(24)6(2-20)33-18;2*7-1-3(9)5(11)6(12)4(10)2-8/h5-17,19-29H,1-4H2;2*3-12H,1-2H2/t5-,6-,7-,8+,9-,10-,11+,12+,13-,14-,15+,16+,17-,18+;2*3-,4-,5-,6-/m111/s1. The lowest BCUT2D eigenvalue weighted by Crippen LogP contribution is -2.63. The van der Waals surface area contributed by atoms with E-state index in [1.165, 1.54) is 0 Å². The number of ether oxygens (including phenoxy) is 5. The summed E-state index contributed by atoms with van der Waals surface area (Å²) in [7, 11) is 0. The first-order valence-corrected chi connectivity index (χ1v) is 17.5. The summed E-state index contributed by atoms with van der Waals surface area (Å²) in [6.07, 6.45) is -34.6. The highest BCUT2D eigenvalue weighted by molar-refractivity contribution is 4.99. The van der Waals surface area contributed by atoms with Gasteiger partial charge in [-0.25, -0.2) is 0 Å². The molecule has 0 bridgehead atoms. The number of aliphatic hydroxyl groups excluding tert-OH is 23. The lowest BCUT2D eigenvalue weighted by molar-refractivity contribution is -0.388. The molecule has 23 N–H and O–H groups in total. The third kappa shape index (κ3) is 13.9. The summed E-state index contributed by atoms with van der Waals surface area (Å²) in [4.78, 5) is 0. The quantitative estimate of drug-likeness (QED) is 0.0608. The van der Waals surface area contributed by atoms with Gasteiger partial charge in [-0.2, -0.15) is 0 Å². The highest BCUT2D eigenvalue weighted by Gasteiger charge is 2.58. The van der Waals surface area contributed by atoms with Gasteiger partial charge >= 0.3 is 0 Å². The summed E-state index contributed by atoms with van der Waals surface area (Å²) in [5.74, 6) is -2.36. The van der Waals surface area contributed by atoms with Crippen LogP contribution in [0.2, 0.25) is 0 Å². The zero-order valence-electron chi connectivity index (χ0n) is 30.6. The molecule has 0 saturated carbocycles. The minimum absolute atomic E-state index is 0.634. The van der Waals surface area contributed by atoms with E-state index in [4.69, 9.17) is 85.0 Å². The normalized spacial score (nSPS) is 39.5. The van der Waals surface area contributed by atoms with Crippen molar-refractivity contribution in [2.75, 3.05) is 52.9 Å². The maximum atomic E-state index is 10.3. The molecule has 0 aromatic rings. The van der Waals surface area contributed by atoms with Crippen LogP contribution in [-0.4, -0.2) is 305 Å². The molecule has 348 valence electrons. The Morgan fingerprint density at radius 3 is 1.14 bits per heavy atom.